The fourth-order valence-electron chi connectivity index (χ4n) is 2.38. The van der Waals surface area contributed by atoms with E-state index in [1.54, 1.807) is 5.32 Å². The number of hydrogen-bond acceptors (Lipinski definition) is 9. The maximum atomic E-state index is 13.2. The minimum Gasteiger partial charge on any atom is -0.466 e. The summed E-state index contributed by atoms with van der Waals surface area (Å²) < 4.78 is 124. The van der Waals surface area contributed by atoms with Crippen molar-refractivity contribution in [3.63, 3.8) is 0 Å². The molecule has 11 nitrogen and oxygen atoms in total. The van der Waals surface area contributed by atoms with E-state index in [4.69, 9.17) is 11.6 Å². The summed E-state index contributed by atoms with van der Waals surface area (Å²) >= 11 is 5.44. The van der Waals surface area contributed by atoms with E-state index >= 15 is 0 Å². The van der Waals surface area contributed by atoms with Crippen LogP contribution < -0.4 is 14.8 Å². The second-order valence-corrected chi connectivity index (χ2v) is 6.66. The molecule has 1 aromatic carbocycles. The van der Waals surface area contributed by atoms with Crippen LogP contribution in [0.25, 0.3) is 0 Å². The van der Waals surface area contributed by atoms with Crippen LogP contribution in [-0.4, -0.2) is 45.4 Å². The Morgan fingerprint density at radius 1 is 0.861 bits per heavy atom. The average molecular weight is 560 g/mol. The lowest BCUT2D eigenvalue weighted by molar-refractivity contribution is -0.392. The number of benzene rings is 1. The first-order valence-corrected chi connectivity index (χ1v) is 8.93. The van der Waals surface area contributed by atoms with E-state index in [1.807, 2.05) is 0 Å². The first-order chi connectivity index (χ1) is 16.3. The fraction of sp³-hybridized carbons (Fsp3) is 0.333. The Balaban J connectivity index is 2.80. The van der Waals surface area contributed by atoms with Crippen molar-refractivity contribution in [3.8, 4) is 11.8 Å². The molecule has 0 atom stereocenters. The molecule has 0 aliphatic carbocycles. The summed E-state index contributed by atoms with van der Waals surface area (Å²) in [6.07, 6.45) is -15.2. The Hall–Kier alpha value is -3.84. The predicted octanol–water partition coefficient (Wildman–Crippen LogP) is 5.59. The van der Waals surface area contributed by atoms with Crippen molar-refractivity contribution in [2.75, 3.05) is 18.5 Å². The molecule has 2 aromatic rings. The molecule has 0 spiro atoms. The van der Waals surface area contributed by atoms with Gasteiger partial charge < -0.3 is 14.8 Å². The summed E-state index contributed by atoms with van der Waals surface area (Å²) in [4.78, 5) is 26.1. The number of nitrogens with zero attached hydrogens (tertiary/aromatic N) is 4. The third-order valence-corrected chi connectivity index (χ3v) is 4.06. The van der Waals surface area contributed by atoms with Gasteiger partial charge in [-0.3, -0.25) is 20.2 Å². The van der Waals surface area contributed by atoms with Crippen molar-refractivity contribution in [1.82, 2.24) is 9.97 Å². The van der Waals surface area contributed by atoms with Gasteiger partial charge in [-0.2, -0.15) is 49.5 Å². The Kier molecular flexibility index (Phi) is 7.91. The van der Waals surface area contributed by atoms with Crippen LogP contribution in [0.15, 0.2) is 12.4 Å². The van der Waals surface area contributed by atoms with Crippen LogP contribution in [0, 0.1) is 20.2 Å². The molecular weight excluding hydrogens is 553 g/mol. The van der Waals surface area contributed by atoms with Gasteiger partial charge in [0, 0.05) is 6.07 Å². The van der Waals surface area contributed by atoms with Crippen LogP contribution in [-0.2, 0) is 6.18 Å². The smallest absolute Gasteiger partial charge is 0.422 e. The average Bonchev–Trinajstić information content (AvgIpc) is 2.69. The largest absolute Gasteiger partial charge is 0.466 e. The number of rotatable bonds is 8. The highest BCUT2D eigenvalue weighted by Gasteiger charge is 2.43. The molecule has 0 saturated carbocycles. The molecule has 198 valence electrons. The molecule has 0 amide bonds. The highest BCUT2D eigenvalue weighted by Crippen LogP contribution is 2.49. The zero-order valence-corrected chi connectivity index (χ0v) is 17.3. The summed E-state index contributed by atoms with van der Waals surface area (Å²) in [5.41, 5.74) is -8.25. The molecule has 0 aliphatic rings. The minimum absolute atomic E-state index is 0.242. The molecule has 36 heavy (non-hydrogen) atoms. The topological polar surface area (TPSA) is 143 Å². The van der Waals surface area contributed by atoms with Crippen molar-refractivity contribution < 1.29 is 58.8 Å². The first-order valence-electron chi connectivity index (χ1n) is 8.55. The lowest BCUT2D eigenvalue weighted by Gasteiger charge is -2.18. The molecular formula is C15H7ClF9N5O6. The molecule has 0 aliphatic heterocycles. The van der Waals surface area contributed by atoms with E-state index in [0.717, 1.165) is 0 Å². The predicted molar refractivity (Wildman–Crippen MR) is 98.2 cm³/mol. The fourth-order valence-corrected chi connectivity index (χ4v) is 2.71. The van der Waals surface area contributed by atoms with Crippen LogP contribution in [0.4, 0.5) is 62.3 Å². The van der Waals surface area contributed by atoms with Crippen LogP contribution in [0.2, 0.25) is 5.02 Å². The van der Waals surface area contributed by atoms with E-state index in [2.05, 4.69) is 19.4 Å². The third-order valence-electron chi connectivity index (χ3n) is 3.68. The van der Waals surface area contributed by atoms with Crippen molar-refractivity contribution in [3.05, 3.63) is 43.2 Å². The molecule has 1 aromatic heterocycles. The molecule has 0 saturated heterocycles. The van der Waals surface area contributed by atoms with Crippen LogP contribution >= 0.6 is 11.6 Å². The molecule has 0 unspecified atom stereocenters. The number of nitrogens with one attached hydrogen (secondary N) is 1. The van der Waals surface area contributed by atoms with Crippen LogP contribution in [0.5, 0.6) is 11.8 Å². The Morgan fingerprint density at radius 3 is 1.69 bits per heavy atom. The number of anilines is 2. The zero-order chi connectivity index (χ0) is 27.6. The van der Waals surface area contributed by atoms with Crippen molar-refractivity contribution in [2.45, 2.75) is 18.5 Å². The highest BCUT2D eigenvalue weighted by molar-refractivity contribution is 6.34. The summed E-state index contributed by atoms with van der Waals surface area (Å²) in [5, 5.41) is 22.9. The molecule has 21 heteroatoms. The van der Waals surface area contributed by atoms with Gasteiger partial charge in [0.05, 0.1) is 15.4 Å². The summed E-state index contributed by atoms with van der Waals surface area (Å²) in [7, 11) is 0. The normalized spacial score (nSPS) is 12.3. The number of halogens is 10. The van der Waals surface area contributed by atoms with Crippen LogP contribution in [0.1, 0.15) is 5.56 Å². The number of hydrogen-bond donors (Lipinski definition) is 1. The maximum absolute atomic E-state index is 13.2. The first kappa shape index (κ1) is 28.4. The minimum atomic E-state index is -5.44. The second-order valence-electron chi connectivity index (χ2n) is 6.28. The number of nitro groups is 2. The summed E-state index contributed by atoms with van der Waals surface area (Å²) in [6, 6.07) is -0.242. The monoisotopic (exact) mass is 559 g/mol. The molecule has 0 bridgehead atoms. The molecule has 2 rings (SSSR count). The Labute approximate surface area is 196 Å². The summed E-state index contributed by atoms with van der Waals surface area (Å²) in [5.74, 6) is -2.56. The van der Waals surface area contributed by atoms with E-state index in [-0.39, 0.29) is 6.07 Å². The van der Waals surface area contributed by atoms with Gasteiger partial charge >= 0.3 is 29.9 Å². The van der Waals surface area contributed by atoms with Gasteiger partial charge in [-0.05, 0) is 0 Å². The standard InChI is InChI=1S/C15H7ClF9N5O6/c16-7-5(15(23,24)25)1-6(29(31)32)8(10(7)30(33)34)28-9-11(35-2-13(17,18)19)26-4-27-12(9)36-3-14(20,21)22/h1,4,28H,2-3H2. The lowest BCUT2D eigenvalue weighted by Crippen LogP contribution is -2.22. The quantitative estimate of drug-likeness (QED) is 0.249. The van der Waals surface area contributed by atoms with Gasteiger partial charge in [0.25, 0.3) is 0 Å². The van der Waals surface area contributed by atoms with Crippen molar-refractivity contribution in [1.29, 1.82) is 0 Å². The van der Waals surface area contributed by atoms with E-state index in [9.17, 15) is 59.7 Å². The van der Waals surface area contributed by atoms with Crippen molar-refractivity contribution >= 4 is 34.4 Å². The molecule has 0 fully saturated rings. The highest BCUT2D eigenvalue weighted by atomic mass is 35.5. The lowest BCUT2D eigenvalue weighted by atomic mass is 10.1. The number of aromatic nitrogens is 2. The summed E-state index contributed by atoms with van der Waals surface area (Å²) in [6.45, 7) is -4.26. The van der Waals surface area contributed by atoms with Gasteiger partial charge in [0.1, 0.15) is 11.3 Å². The van der Waals surface area contributed by atoms with E-state index in [0.29, 0.717) is 6.33 Å². The van der Waals surface area contributed by atoms with Gasteiger partial charge in [-0.1, -0.05) is 11.6 Å². The molecule has 0 radical (unpaired) electrons. The van der Waals surface area contributed by atoms with Crippen molar-refractivity contribution in [2.24, 2.45) is 0 Å². The SMILES string of the molecule is O=[N+]([O-])c1cc(C(F)(F)F)c(Cl)c([N+](=O)[O-])c1Nc1c(OCC(F)(F)F)ncnc1OCC(F)(F)F. The molecule has 1 heterocycles. The zero-order valence-electron chi connectivity index (χ0n) is 16.6. The second kappa shape index (κ2) is 10.0. The number of ether oxygens (including phenoxy) is 2. The third kappa shape index (κ3) is 7.09. The Bertz CT molecular complexity index is 1140. The number of nitro benzene ring substituents is 2. The van der Waals surface area contributed by atoms with Gasteiger partial charge in [-0.25, -0.2) is 0 Å². The van der Waals surface area contributed by atoms with E-state index < -0.39 is 86.7 Å². The maximum Gasteiger partial charge on any atom is 0.422 e. The van der Waals surface area contributed by atoms with Crippen LogP contribution in [0.3, 0.4) is 0 Å². The Morgan fingerprint density at radius 2 is 1.33 bits per heavy atom. The van der Waals surface area contributed by atoms with Gasteiger partial charge in [-0.15, -0.1) is 0 Å². The van der Waals surface area contributed by atoms with Gasteiger partial charge in [0.15, 0.2) is 24.6 Å². The molecule has 1 N–H and O–H groups in total. The van der Waals surface area contributed by atoms with E-state index in [1.165, 1.54) is 0 Å². The number of alkyl halides is 9. The van der Waals surface area contributed by atoms with Gasteiger partial charge in [0.2, 0.25) is 11.8 Å².